The van der Waals surface area contributed by atoms with Gasteiger partial charge < -0.3 is 0 Å². The molecule has 1 aliphatic carbocycles. The normalized spacial score (nSPS) is 23.5. The van der Waals surface area contributed by atoms with Crippen LogP contribution in [-0.2, 0) is 22.9 Å². The van der Waals surface area contributed by atoms with Crippen molar-refractivity contribution >= 4 is 10.0 Å². The molecule has 7 heteroatoms. The van der Waals surface area contributed by atoms with Crippen LogP contribution in [0.2, 0.25) is 0 Å². The molecule has 0 bridgehead atoms. The van der Waals surface area contributed by atoms with Crippen LogP contribution in [0.25, 0.3) is 0 Å². The maximum atomic E-state index is 12.9. The Hall–Kier alpha value is -1.08. The van der Waals surface area contributed by atoms with E-state index in [-0.39, 0.29) is 24.3 Å². The second-order valence-electron chi connectivity index (χ2n) is 6.38. The lowest BCUT2D eigenvalue weighted by atomic mass is 9.92. The van der Waals surface area contributed by atoms with Gasteiger partial charge in [0.1, 0.15) is 0 Å². The molecule has 1 atom stereocenters. The summed E-state index contributed by atoms with van der Waals surface area (Å²) in [4.78, 5) is 0.126. The topological polar surface area (TPSA) is 37.4 Å². The van der Waals surface area contributed by atoms with Crippen molar-refractivity contribution in [1.29, 1.82) is 0 Å². The zero-order chi connectivity index (χ0) is 16.7. The van der Waals surface area contributed by atoms with Crippen molar-refractivity contribution in [2.24, 2.45) is 5.92 Å². The fourth-order valence-electron chi connectivity index (χ4n) is 3.45. The summed E-state index contributed by atoms with van der Waals surface area (Å²) in [5.74, 6) is -1.57. The number of hydrogen-bond acceptors (Lipinski definition) is 2. The zero-order valence-electron chi connectivity index (χ0n) is 12.8. The molecule has 1 aliphatic heterocycles. The summed E-state index contributed by atoms with van der Waals surface area (Å²) >= 11 is 0. The Morgan fingerprint density at radius 3 is 2.43 bits per heavy atom. The summed E-state index contributed by atoms with van der Waals surface area (Å²) < 4.78 is 65.1. The van der Waals surface area contributed by atoms with Gasteiger partial charge in [-0.25, -0.2) is 8.42 Å². The number of piperidine rings is 1. The van der Waals surface area contributed by atoms with Gasteiger partial charge in [0.15, 0.2) is 0 Å². The highest BCUT2D eigenvalue weighted by atomic mass is 32.2. The molecule has 1 heterocycles. The van der Waals surface area contributed by atoms with Crippen molar-refractivity contribution in [1.82, 2.24) is 4.31 Å². The Morgan fingerprint density at radius 1 is 1.04 bits per heavy atom. The molecule has 0 spiro atoms. The molecule has 2 aliphatic rings. The van der Waals surface area contributed by atoms with E-state index in [1.165, 1.54) is 6.07 Å². The lowest BCUT2D eigenvalue weighted by Gasteiger charge is -2.33. The Labute approximate surface area is 134 Å². The first-order valence-corrected chi connectivity index (χ1v) is 9.41. The number of sulfonamides is 1. The largest absolute Gasteiger partial charge is 0.393 e. The number of nitrogens with zero attached hydrogens (tertiary/aromatic N) is 1. The van der Waals surface area contributed by atoms with Crippen LogP contribution in [0, 0.1) is 5.92 Å². The van der Waals surface area contributed by atoms with Gasteiger partial charge in [0.2, 0.25) is 10.0 Å². The van der Waals surface area contributed by atoms with Gasteiger partial charge in [-0.3, -0.25) is 0 Å². The first-order valence-electron chi connectivity index (χ1n) is 7.97. The van der Waals surface area contributed by atoms with Crippen LogP contribution in [0.4, 0.5) is 13.2 Å². The van der Waals surface area contributed by atoms with E-state index < -0.39 is 28.7 Å². The second-order valence-corrected chi connectivity index (χ2v) is 8.32. The Balaban J connectivity index is 1.86. The van der Waals surface area contributed by atoms with E-state index in [1.807, 2.05) is 6.07 Å². The SMILES string of the molecule is O=S(=O)(c1ccc2c(c1)CCCC2)N1CCC[C@H](C(F)(F)F)C1. The van der Waals surface area contributed by atoms with Crippen LogP contribution in [0.5, 0.6) is 0 Å². The molecule has 23 heavy (non-hydrogen) atoms. The quantitative estimate of drug-likeness (QED) is 0.821. The van der Waals surface area contributed by atoms with Gasteiger partial charge in [-0.1, -0.05) is 6.07 Å². The first kappa shape index (κ1) is 16.8. The van der Waals surface area contributed by atoms with E-state index in [2.05, 4.69) is 0 Å². The average molecular weight is 347 g/mol. The van der Waals surface area contributed by atoms with E-state index in [1.54, 1.807) is 6.07 Å². The summed E-state index contributed by atoms with van der Waals surface area (Å²) in [6.07, 6.45) is -0.202. The van der Waals surface area contributed by atoms with E-state index >= 15 is 0 Å². The van der Waals surface area contributed by atoms with Crippen molar-refractivity contribution in [3.63, 3.8) is 0 Å². The van der Waals surface area contributed by atoms with Crippen molar-refractivity contribution < 1.29 is 21.6 Å². The lowest BCUT2D eigenvalue weighted by molar-refractivity contribution is -0.182. The molecule has 3 rings (SSSR count). The molecule has 0 saturated carbocycles. The zero-order valence-corrected chi connectivity index (χ0v) is 13.6. The maximum absolute atomic E-state index is 12.9. The van der Waals surface area contributed by atoms with E-state index in [0.29, 0.717) is 0 Å². The van der Waals surface area contributed by atoms with E-state index in [4.69, 9.17) is 0 Å². The molecule has 1 aromatic carbocycles. The van der Waals surface area contributed by atoms with Crippen molar-refractivity contribution in [3.05, 3.63) is 29.3 Å². The smallest absolute Gasteiger partial charge is 0.207 e. The van der Waals surface area contributed by atoms with Crippen molar-refractivity contribution in [2.75, 3.05) is 13.1 Å². The van der Waals surface area contributed by atoms with Crippen LogP contribution in [0.3, 0.4) is 0 Å². The first-order chi connectivity index (χ1) is 10.8. The summed E-state index contributed by atoms with van der Waals surface area (Å²) in [6.45, 7) is -0.311. The number of halogens is 3. The third-order valence-electron chi connectivity index (χ3n) is 4.80. The van der Waals surface area contributed by atoms with Gasteiger partial charge in [-0.2, -0.15) is 17.5 Å². The predicted molar refractivity (Wildman–Crippen MR) is 80.6 cm³/mol. The Morgan fingerprint density at radius 2 is 1.74 bits per heavy atom. The van der Waals surface area contributed by atoms with Crippen LogP contribution in [-0.4, -0.2) is 32.0 Å². The molecule has 1 fully saturated rings. The molecule has 3 nitrogen and oxygen atoms in total. The van der Waals surface area contributed by atoms with Crippen molar-refractivity contribution in [3.8, 4) is 0 Å². The van der Waals surface area contributed by atoms with Gasteiger partial charge in [0, 0.05) is 13.1 Å². The monoisotopic (exact) mass is 347 g/mol. The van der Waals surface area contributed by atoms with Crippen molar-refractivity contribution in [2.45, 2.75) is 49.6 Å². The molecule has 0 aromatic heterocycles. The highest BCUT2D eigenvalue weighted by Crippen LogP contribution is 2.35. The summed E-state index contributed by atoms with van der Waals surface area (Å²) in [6, 6.07) is 5.00. The number of fused-ring (bicyclic) bond motifs is 1. The molecular formula is C16H20F3NO2S. The average Bonchev–Trinajstić information content (AvgIpc) is 2.53. The number of rotatable bonds is 2. The summed E-state index contributed by atoms with van der Waals surface area (Å²) in [7, 11) is -3.86. The molecule has 0 amide bonds. The summed E-state index contributed by atoms with van der Waals surface area (Å²) in [5.41, 5.74) is 2.17. The van der Waals surface area contributed by atoms with Crippen LogP contribution in [0.15, 0.2) is 23.1 Å². The summed E-state index contributed by atoms with van der Waals surface area (Å²) in [5, 5.41) is 0. The number of aryl methyl sites for hydroxylation is 2. The number of benzene rings is 1. The second kappa shape index (κ2) is 6.09. The van der Waals surface area contributed by atoms with E-state index in [0.717, 1.165) is 41.1 Å². The lowest BCUT2D eigenvalue weighted by Crippen LogP contribution is -2.44. The van der Waals surface area contributed by atoms with E-state index in [9.17, 15) is 21.6 Å². The molecule has 1 aromatic rings. The van der Waals surface area contributed by atoms with Crippen LogP contribution >= 0.6 is 0 Å². The molecule has 0 N–H and O–H groups in total. The van der Waals surface area contributed by atoms with Gasteiger partial charge in [0.05, 0.1) is 10.8 Å². The highest BCUT2D eigenvalue weighted by molar-refractivity contribution is 7.89. The minimum atomic E-state index is -4.34. The number of hydrogen-bond donors (Lipinski definition) is 0. The minimum absolute atomic E-state index is 0.000290. The molecule has 128 valence electrons. The van der Waals surface area contributed by atoms with Crippen LogP contribution < -0.4 is 0 Å². The number of alkyl halides is 3. The van der Waals surface area contributed by atoms with Gasteiger partial charge >= 0.3 is 6.18 Å². The van der Waals surface area contributed by atoms with Gasteiger partial charge in [-0.15, -0.1) is 0 Å². The fourth-order valence-corrected chi connectivity index (χ4v) is 5.02. The standard InChI is InChI=1S/C16H20F3NO2S/c17-16(18,19)14-6-3-9-20(11-14)23(21,22)15-8-7-12-4-1-2-5-13(12)10-15/h7-8,10,14H,1-6,9,11H2/t14-/m0/s1. The Bertz CT molecular complexity index is 685. The predicted octanol–water partition coefficient (Wildman–Crippen LogP) is 3.53. The molecule has 0 unspecified atom stereocenters. The third kappa shape index (κ3) is 3.40. The van der Waals surface area contributed by atoms with Crippen LogP contribution in [0.1, 0.15) is 36.8 Å². The minimum Gasteiger partial charge on any atom is -0.207 e. The van der Waals surface area contributed by atoms with Gasteiger partial charge in [0.25, 0.3) is 0 Å². The molecule has 0 radical (unpaired) electrons. The maximum Gasteiger partial charge on any atom is 0.393 e. The van der Waals surface area contributed by atoms with Gasteiger partial charge in [-0.05, 0) is 61.8 Å². The molecular weight excluding hydrogens is 327 g/mol. The fraction of sp³-hybridized carbons (Fsp3) is 0.625. The Kier molecular flexibility index (Phi) is 4.44. The molecule has 1 saturated heterocycles. The third-order valence-corrected chi connectivity index (χ3v) is 6.67. The highest BCUT2D eigenvalue weighted by Gasteiger charge is 2.44.